The Hall–Kier alpha value is -2.17. The van der Waals surface area contributed by atoms with Crippen molar-refractivity contribution in [1.82, 2.24) is 0 Å². The summed E-state index contributed by atoms with van der Waals surface area (Å²) in [6.07, 6.45) is -0.925. The molecule has 5 heteroatoms. The normalized spacial score (nSPS) is 10.6. The number of Topliss-reactive ketones (excluding diaryl/α,β-unsaturated/α-hetero) is 1. The fourth-order valence-electron chi connectivity index (χ4n) is 1.86. The summed E-state index contributed by atoms with van der Waals surface area (Å²) in [5, 5.41) is 0. The smallest absolute Gasteiger partial charge is 0.162 e. The van der Waals surface area contributed by atoms with Crippen LogP contribution in [0.5, 0.6) is 0 Å². The summed E-state index contributed by atoms with van der Waals surface area (Å²) in [4.78, 5) is 11.7. The minimum Gasteiger partial charge on any atom is -0.299 e. The lowest BCUT2D eigenvalue weighted by Crippen LogP contribution is -2.11. The second kappa shape index (κ2) is 5.86. The second-order valence-corrected chi connectivity index (χ2v) is 4.31. The Morgan fingerprint density at radius 3 is 2.00 bits per heavy atom. The van der Waals surface area contributed by atoms with Gasteiger partial charge < -0.3 is 0 Å². The monoisotopic (exact) mass is 282 g/mol. The first-order chi connectivity index (χ1) is 9.49. The van der Waals surface area contributed by atoms with Crippen molar-refractivity contribution in [3.63, 3.8) is 0 Å². The molecule has 0 bridgehead atoms. The summed E-state index contributed by atoms with van der Waals surface area (Å²) in [5.74, 6) is -4.45. The molecule has 0 saturated heterocycles. The van der Waals surface area contributed by atoms with E-state index >= 15 is 0 Å². The van der Waals surface area contributed by atoms with Gasteiger partial charge in [-0.15, -0.1) is 0 Å². The molecule has 2 aromatic carbocycles. The first-order valence-electron chi connectivity index (χ1n) is 5.86. The molecule has 2 rings (SSSR count). The quantitative estimate of drug-likeness (QED) is 0.783. The summed E-state index contributed by atoms with van der Waals surface area (Å²) in [7, 11) is 0. The second-order valence-electron chi connectivity index (χ2n) is 4.31. The van der Waals surface area contributed by atoms with Crippen LogP contribution in [0.3, 0.4) is 0 Å². The van der Waals surface area contributed by atoms with Crippen molar-refractivity contribution >= 4 is 5.78 Å². The molecule has 0 aliphatic heterocycles. The summed E-state index contributed by atoms with van der Waals surface area (Å²) >= 11 is 0. The van der Waals surface area contributed by atoms with Crippen molar-refractivity contribution in [3.05, 3.63) is 70.8 Å². The molecule has 2 aromatic rings. The zero-order chi connectivity index (χ0) is 14.7. The van der Waals surface area contributed by atoms with E-state index in [9.17, 15) is 22.4 Å². The van der Waals surface area contributed by atoms with E-state index < -0.39 is 41.9 Å². The molecule has 0 heterocycles. The first-order valence-corrected chi connectivity index (χ1v) is 5.86. The summed E-state index contributed by atoms with van der Waals surface area (Å²) < 4.78 is 53.1. The van der Waals surface area contributed by atoms with Crippen molar-refractivity contribution in [3.8, 4) is 0 Å². The van der Waals surface area contributed by atoms with Gasteiger partial charge in [-0.25, -0.2) is 17.6 Å². The van der Waals surface area contributed by atoms with Gasteiger partial charge in [-0.2, -0.15) is 0 Å². The number of rotatable bonds is 4. The molecule has 0 radical (unpaired) electrons. The first kappa shape index (κ1) is 14.2. The minimum absolute atomic E-state index is 0.133. The Morgan fingerprint density at radius 1 is 0.800 bits per heavy atom. The van der Waals surface area contributed by atoms with Gasteiger partial charge in [0.2, 0.25) is 0 Å². The van der Waals surface area contributed by atoms with Gasteiger partial charge in [-0.3, -0.25) is 4.79 Å². The zero-order valence-corrected chi connectivity index (χ0v) is 10.3. The fraction of sp³-hybridized carbons (Fsp3) is 0.133. The molecule has 0 spiro atoms. The van der Waals surface area contributed by atoms with E-state index in [1.807, 2.05) is 0 Å². The van der Waals surface area contributed by atoms with E-state index in [-0.39, 0.29) is 11.1 Å². The molecular weight excluding hydrogens is 272 g/mol. The van der Waals surface area contributed by atoms with E-state index in [1.54, 1.807) is 0 Å². The molecule has 0 amide bonds. The van der Waals surface area contributed by atoms with Crippen LogP contribution < -0.4 is 0 Å². The average molecular weight is 282 g/mol. The van der Waals surface area contributed by atoms with Crippen molar-refractivity contribution < 1.29 is 22.4 Å². The van der Waals surface area contributed by atoms with Crippen molar-refractivity contribution in [2.45, 2.75) is 12.8 Å². The Balaban J connectivity index is 2.16. The Labute approximate surface area is 112 Å². The molecule has 0 saturated carbocycles. The molecule has 0 unspecified atom stereocenters. The maximum absolute atomic E-state index is 13.4. The van der Waals surface area contributed by atoms with Crippen LogP contribution in [0, 0.1) is 23.3 Å². The van der Waals surface area contributed by atoms with E-state index in [4.69, 9.17) is 0 Å². The maximum atomic E-state index is 13.4. The van der Waals surface area contributed by atoms with Crippen LogP contribution in [0.25, 0.3) is 0 Å². The van der Waals surface area contributed by atoms with E-state index in [0.717, 1.165) is 18.2 Å². The lowest BCUT2D eigenvalue weighted by atomic mass is 10.0. The van der Waals surface area contributed by atoms with E-state index in [2.05, 4.69) is 0 Å². The highest BCUT2D eigenvalue weighted by molar-refractivity contribution is 5.83. The van der Waals surface area contributed by atoms with Crippen LogP contribution >= 0.6 is 0 Å². The van der Waals surface area contributed by atoms with Gasteiger partial charge in [0.1, 0.15) is 17.4 Å². The van der Waals surface area contributed by atoms with Gasteiger partial charge in [0.25, 0.3) is 0 Å². The fourth-order valence-corrected chi connectivity index (χ4v) is 1.86. The molecule has 0 fully saturated rings. The Kier molecular flexibility index (Phi) is 4.17. The predicted octanol–water partition coefficient (Wildman–Crippen LogP) is 3.60. The summed E-state index contributed by atoms with van der Waals surface area (Å²) in [6, 6.07) is 6.71. The van der Waals surface area contributed by atoms with Gasteiger partial charge in [0.05, 0.1) is 0 Å². The molecule has 20 heavy (non-hydrogen) atoms. The van der Waals surface area contributed by atoms with Crippen molar-refractivity contribution in [2.75, 3.05) is 0 Å². The van der Waals surface area contributed by atoms with Gasteiger partial charge >= 0.3 is 0 Å². The SMILES string of the molecule is O=C(Cc1cccc(F)c1F)Cc1c(F)cccc1F. The lowest BCUT2D eigenvalue weighted by molar-refractivity contribution is -0.117. The highest BCUT2D eigenvalue weighted by Crippen LogP contribution is 2.16. The molecule has 0 N–H and O–H groups in total. The molecule has 0 aliphatic rings. The van der Waals surface area contributed by atoms with Gasteiger partial charge in [-0.1, -0.05) is 18.2 Å². The largest absolute Gasteiger partial charge is 0.299 e. The van der Waals surface area contributed by atoms with Crippen LogP contribution in [-0.4, -0.2) is 5.78 Å². The van der Waals surface area contributed by atoms with Gasteiger partial charge in [-0.05, 0) is 23.8 Å². The average Bonchev–Trinajstić information content (AvgIpc) is 2.39. The minimum atomic E-state index is -1.12. The number of halogens is 4. The standard InChI is InChI=1S/C15H10F4O/c16-12-4-2-5-13(17)11(12)8-10(20)7-9-3-1-6-14(18)15(9)19/h1-6H,7-8H2. The van der Waals surface area contributed by atoms with Crippen LogP contribution in [0.2, 0.25) is 0 Å². The molecule has 0 aliphatic carbocycles. The molecule has 0 atom stereocenters. The molecule has 1 nitrogen and oxygen atoms in total. The topological polar surface area (TPSA) is 17.1 Å². The zero-order valence-electron chi connectivity index (χ0n) is 10.3. The number of carbonyl (C=O) groups is 1. The van der Waals surface area contributed by atoms with Crippen LogP contribution in [0.15, 0.2) is 36.4 Å². The van der Waals surface area contributed by atoms with Crippen LogP contribution in [0.4, 0.5) is 17.6 Å². The number of hydrogen-bond acceptors (Lipinski definition) is 1. The third-order valence-corrected chi connectivity index (χ3v) is 2.85. The van der Waals surface area contributed by atoms with Gasteiger partial charge in [0.15, 0.2) is 11.6 Å². The summed E-state index contributed by atoms with van der Waals surface area (Å²) in [5.41, 5.74) is -0.499. The van der Waals surface area contributed by atoms with Crippen molar-refractivity contribution in [2.24, 2.45) is 0 Å². The van der Waals surface area contributed by atoms with Crippen LogP contribution in [-0.2, 0) is 17.6 Å². The Morgan fingerprint density at radius 2 is 1.35 bits per heavy atom. The number of carbonyl (C=O) groups excluding carboxylic acids is 1. The Bertz CT molecular complexity index is 632. The van der Waals surface area contributed by atoms with Crippen molar-refractivity contribution in [1.29, 1.82) is 0 Å². The highest BCUT2D eigenvalue weighted by atomic mass is 19.2. The van der Waals surface area contributed by atoms with Gasteiger partial charge in [0, 0.05) is 18.4 Å². The molecule has 104 valence electrons. The lowest BCUT2D eigenvalue weighted by Gasteiger charge is -2.06. The third kappa shape index (κ3) is 3.04. The number of ketones is 1. The number of benzene rings is 2. The predicted molar refractivity (Wildman–Crippen MR) is 65.1 cm³/mol. The summed E-state index contributed by atoms with van der Waals surface area (Å²) in [6.45, 7) is 0. The van der Waals surface area contributed by atoms with E-state index in [0.29, 0.717) is 0 Å². The number of hydrogen-bond donors (Lipinski definition) is 0. The third-order valence-electron chi connectivity index (χ3n) is 2.85. The van der Waals surface area contributed by atoms with E-state index in [1.165, 1.54) is 18.2 Å². The highest BCUT2D eigenvalue weighted by Gasteiger charge is 2.16. The molecular formula is C15H10F4O. The molecule has 0 aromatic heterocycles. The van der Waals surface area contributed by atoms with Crippen LogP contribution in [0.1, 0.15) is 11.1 Å². The maximum Gasteiger partial charge on any atom is 0.162 e.